The minimum absolute atomic E-state index is 0.0526. The summed E-state index contributed by atoms with van der Waals surface area (Å²) in [7, 11) is 0. The Morgan fingerprint density at radius 3 is 2.22 bits per heavy atom. The van der Waals surface area contributed by atoms with Crippen molar-refractivity contribution in [3.05, 3.63) is 70.5 Å². The highest BCUT2D eigenvalue weighted by molar-refractivity contribution is 5.35. The fourth-order valence-corrected chi connectivity index (χ4v) is 1.79. The summed E-state index contributed by atoms with van der Waals surface area (Å²) in [6.07, 6.45) is 0. The molecule has 2 rings (SSSR count). The summed E-state index contributed by atoms with van der Waals surface area (Å²) in [5.74, 6) is -1.73. The lowest BCUT2D eigenvalue weighted by Gasteiger charge is -2.15. The SMILES string of the molecule is Cc1cc(F)c(C(N)c2ccccc2F)cc1F. The monoisotopic (exact) mass is 251 g/mol. The first-order chi connectivity index (χ1) is 8.50. The van der Waals surface area contributed by atoms with Gasteiger partial charge < -0.3 is 5.73 Å². The quantitative estimate of drug-likeness (QED) is 0.869. The molecule has 1 nitrogen and oxygen atoms in total. The normalized spacial score (nSPS) is 12.5. The predicted molar refractivity (Wildman–Crippen MR) is 63.5 cm³/mol. The van der Waals surface area contributed by atoms with Crippen LogP contribution >= 0.6 is 0 Å². The zero-order chi connectivity index (χ0) is 13.3. The predicted octanol–water partition coefficient (Wildman–Crippen LogP) is 3.46. The molecule has 1 unspecified atom stereocenters. The van der Waals surface area contributed by atoms with E-state index in [0.717, 1.165) is 12.1 Å². The number of halogens is 3. The lowest BCUT2D eigenvalue weighted by molar-refractivity contribution is 0.559. The highest BCUT2D eigenvalue weighted by Crippen LogP contribution is 2.26. The number of hydrogen-bond donors (Lipinski definition) is 1. The van der Waals surface area contributed by atoms with Crippen LogP contribution in [-0.4, -0.2) is 0 Å². The van der Waals surface area contributed by atoms with Crippen molar-refractivity contribution in [3.63, 3.8) is 0 Å². The van der Waals surface area contributed by atoms with Gasteiger partial charge in [-0.05, 0) is 30.7 Å². The van der Waals surface area contributed by atoms with E-state index < -0.39 is 23.5 Å². The topological polar surface area (TPSA) is 26.0 Å². The van der Waals surface area contributed by atoms with Crippen LogP contribution < -0.4 is 5.73 Å². The molecule has 0 fully saturated rings. The smallest absolute Gasteiger partial charge is 0.128 e. The Labute approximate surface area is 103 Å². The zero-order valence-electron chi connectivity index (χ0n) is 9.75. The number of aryl methyl sites for hydroxylation is 1. The molecule has 18 heavy (non-hydrogen) atoms. The second-order valence-corrected chi connectivity index (χ2v) is 4.12. The van der Waals surface area contributed by atoms with Crippen LogP contribution in [0.2, 0.25) is 0 Å². The Morgan fingerprint density at radius 2 is 1.56 bits per heavy atom. The van der Waals surface area contributed by atoms with Gasteiger partial charge in [0.05, 0.1) is 6.04 Å². The van der Waals surface area contributed by atoms with Crippen molar-refractivity contribution >= 4 is 0 Å². The molecule has 2 aromatic carbocycles. The van der Waals surface area contributed by atoms with Crippen molar-refractivity contribution in [3.8, 4) is 0 Å². The molecule has 2 N–H and O–H groups in total. The van der Waals surface area contributed by atoms with E-state index in [0.29, 0.717) is 0 Å². The van der Waals surface area contributed by atoms with E-state index >= 15 is 0 Å². The molecule has 0 saturated heterocycles. The molecule has 0 aliphatic carbocycles. The fourth-order valence-electron chi connectivity index (χ4n) is 1.79. The third kappa shape index (κ3) is 2.24. The van der Waals surface area contributed by atoms with E-state index in [-0.39, 0.29) is 16.7 Å². The Bertz CT molecular complexity index is 581. The van der Waals surface area contributed by atoms with Gasteiger partial charge in [0, 0.05) is 11.1 Å². The molecule has 0 spiro atoms. The van der Waals surface area contributed by atoms with E-state index in [1.54, 1.807) is 6.07 Å². The maximum absolute atomic E-state index is 13.7. The van der Waals surface area contributed by atoms with Gasteiger partial charge in [-0.15, -0.1) is 0 Å². The molecule has 2 aromatic rings. The number of hydrogen-bond acceptors (Lipinski definition) is 1. The van der Waals surface area contributed by atoms with Gasteiger partial charge in [0.1, 0.15) is 17.5 Å². The minimum Gasteiger partial charge on any atom is -0.320 e. The summed E-state index contributed by atoms with van der Waals surface area (Å²) < 4.78 is 40.7. The van der Waals surface area contributed by atoms with Crippen LogP contribution in [0.3, 0.4) is 0 Å². The van der Waals surface area contributed by atoms with E-state index in [1.807, 2.05) is 0 Å². The Hall–Kier alpha value is -1.81. The largest absolute Gasteiger partial charge is 0.320 e. The van der Waals surface area contributed by atoms with Gasteiger partial charge in [0.25, 0.3) is 0 Å². The molecule has 1 atom stereocenters. The van der Waals surface area contributed by atoms with Crippen molar-refractivity contribution in [2.24, 2.45) is 5.73 Å². The first-order valence-electron chi connectivity index (χ1n) is 5.46. The van der Waals surface area contributed by atoms with Crippen LogP contribution in [0, 0.1) is 24.4 Å². The number of rotatable bonds is 2. The second-order valence-electron chi connectivity index (χ2n) is 4.12. The summed E-state index contributed by atoms with van der Waals surface area (Å²) in [6.45, 7) is 1.46. The molecule has 0 amide bonds. The van der Waals surface area contributed by atoms with Crippen LogP contribution in [0.1, 0.15) is 22.7 Å². The first-order valence-corrected chi connectivity index (χ1v) is 5.46. The van der Waals surface area contributed by atoms with Gasteiger partial charge in [-0.3, -0.25) is 0 Å². The Kier molecular flexibility index (Phi) is 3.39. The lowest BCUT2D eigenvalue weighted by atomic mass is 9.97. The number of benzene rings is 2. The zero-order valence-corrected chi connectivity index (χ0v) is 9.75. The highest BCUT2D eigenvalue weighted by atomic mass is 19.1. The van der Waals surface area contributed by atoms with Crippen LogP contribution in [0.4, 0.5) is 13.2 Å². The summed E-state index contributed by atoms with van der Waals surface area (Å²) in [5.41, 5.74) is 6.07. The second kappa shape index (κ2) is 4.82. The molecular formula is C14H12F3N. The molecule has 0 heterocycles. The fraction of sp³-hybridized carbons (Fsp3) is 0.143. The van der Waals surface area contributed by atoms with Crippen molar-refractivity contribution in [1.29, 1.82) is 0 Å². The summed E-state index contributed by atoms with van der Waals surface area (Å²) >= 11 is 0. The van der Waals surface area contributed by atoms with Crippen molar-refractivity contribution in [1.82, 2.24) is 0 Å². The van der Waals surface area contributed by atoms with Crippen molar-refractivity contribution in [2.75, 3.05) is 0 Å². The maximum Gasteiger partial charge on any atom is 0.128 e. The van der Waals surface area contributed by atoms with E-state index in [2.05, 4.69) is 0 Å². The van der Waals surface area contributed by atoms with Crippen LogP contribution in [0.25, 0.3) is 0 Å². The highest BCUT2D eigenvalue weighted by Gasteiger charge is 2.18. The summed E-state index contributed by atoms with van der Waals surface area (Å²) in [4.78, 5) is 0. The standard InChI is InChI=1S/C14H12F3N/c1-8-6-13(17)10(7-12(8)16)14(18)9-4-2-3-5-11(9)15/h2-7,14H,18H2,1H3. The summed E-state index contributed by atoms with van der Waals surface area (Å²) in [6, 6.07) is 6.85. The van der Waals surface area contributed by atoms with E-state index in [1.165, 1.54) is 25.1 Å². The molecule has 0 radical (unpaired) electrons. The van der Waals surface area contributed by atoms with Crippen LogP contribution in [0.5, 0.6) is 0 Å². The van der Waals surface area contributed by atoms with Crippen molar-refractivity contribution in [2.45, 2.75) is 13.0 Å². The van der Waals surface area contributed by atoms with Crippen LogP contribution in [-0.2, 0) is 0 Å². The average molecular weight is 251 g/mol. The van der Waals surface area contributed by atoms with Crippen LogP contribution in [0.15, 0.2) is 36.4 Å². The van der Waals surface area contributed by atoms with Gasteiger partial charge in [0.15, 0.2) is 0 Å². The molecule has 4 heteroatoms. The third-order valence-electron chi connectivity index (χ3n) is 2.85. The Morgan fingerprint density at radius 1 is 0.889 bits per heavy atom. The van der Waals surface area contributed by atoms with Gasteiger partial charge in [-0.25, -0.2) is 13.2 Å². The first kappa shape index (κ1) is 12.6. The number of nitrogens with two attached hydrogens (primary N) is 1. The van der Waals surface area contributed by atoms with Gasteiger partial charge >= 0.3 is 0 Å². The molecular weight excluding hydrogens is 239 g/mol. The molecule has 94 valence electrons. The minimum atomic E-state index is -1.03. The molecule has 0 aliphatic heterocycles. The van der Waals surface area contributed by atoms with Gasteiger partial charge in [0.2, 0.25) is 0 Å². The molecule has 0 saturated carbocycles. The molecule has 0 aliphatic rings. The lowest BCUT2D eigenvalue weighted by Crippen LogP contribution is -2.15. The average Bonchev–Trinajstić information content (AvgIpc) is 2.33. The van der Waals surface area contributed by atoms with Crippen molar-refractivity contribution < 1.29 is 13.2 Å². The maximum atomic E-state index is 13.7. The Balaban J connectivity index is 2.50. The summed E-state index contributed by atoms with van der Waals surface area (Å²) in [5, 5.41) is 0. The van der Waals surface area contributed by atoms with Gasteiger partial charge in [-0.2, -0.15) is 0 Å². The van der Waals surface area contributed by atoms with E-state index in [4.69, 9.17) is 5.73 Å². The van der Waals surface area contributed by atoms with E-state index in [9.17, 15) is 13.2 Å². The molecule has 0 bridgehead atoms. The third-order valence-corrected chi connectivity index (χ3v) is 2.85. The molecule has 0 aromatic heterocycles. The van der Waals surface area contributed by atoms with Gasteiger partial charge in [-0.1, -0.05) is 18.2 Å².